The average Bonchev–Trinajstić information content (AvgIpc) is 3.38. The molecular weight excluding hydrogens is 630 g/mol. The van der Waals surface area contributed by atoms with Crippen LogP contribution < -0.4 is 9.80 Å². The van der Waals surface area contributed by atoms with Gasteiger partial charge in [0, 0.05) is 5.92 Å². The van der Waals surface area contributed by atoms with E-state index in [1.807, 2.05) is 6.08 Å². The van der Waals surface area contributed by atoms with Crippen LogP contribution in [-0.4, -0.2) is 38.5 Å². The SMILES string of the molecule is C=Cc1ccc(N2C(=O)C3CC=C4C(CC5(Cl)C(=O)N(c6ccc(F)cc6)C(=O)C5(Cl)C4c4cc(C)c(O)c(C)c4)C3C2=O)cc1. The highest BCUT2D eigenvalue weighted by Crippen LogP contribution is 2.66. The minimum absolute atomic E-state index is 0.0750. The average molecular weight is 660 g/mol. The molecule has 2 aliphatic carbocycles. The molecule has 10 heteroatoms. The van der Waals surface area contributed by atoms with E-state index < -0.39 is 57.0 Å². The largest absolute Gasteiger partial charge is 0.507 e. The predicted molar refractivity (Wildman–Crippen MR) is 173 cm³/mol. The second-order valence-electron chi connectivity index (χ2n) is 12.6. The van der Waals surface area contributed by atoms with E-state index in [9.17, 15) is 28.7 Å². The van der Waals surface area contributed by atoms with Gasteiger partial charge in [0.25, 0.3) is 11.8 Å². The van der Waals surface area contributed by atoms with E-state index in [2.05, 4.69) is 6.58 Å². The molecule has 0 aromatic heterocycles. The van der Waals surface area contributed by atoms with Crippen molar-refractivity contribution in [3.63, 3.8) is 0 Å². The molecule has 4 amide bonds. The van der Waals surface area contributed by atoms with Crippen molar-refractivity contribution in [2.45, 2.75) is 42.4 Å². The fourth-order valence-corrected chi connectivity index (χ4v) is 8.88. The lowest BCUT2D eigenvalue weighted by Gasteiger charge is -2.50. The molecule has 3 aromatic rings. The zero-order valence-corrected chi connectivity index (χ0v) is 26.5. The van der Waals surface area contributed by atoms with Crippen LogP contribution in [0.15, 0.2) is 78.9 Å². The molecule has 46 heavy (non-hydrogen) atoms. The molecule has 1 saturated carbocycles. The van der Waals surface area contributed by atoms with E-state index >= 15 is 0 Å². The molecule has 7 nitrogen and oxygen atoms in total. The minimum Gasteiger partial charge on any atom is -0.507 e. The van der Waals surface area contributed by atoms with Gasteiger partial charge in [0.2, 0.25) is 11.8 Å². The van der Waals surface area contributed by atoms with E-state index in [4.69, 9.17) is 23.2 Å². The van der Waals surface area contributed by atoms with Crippen molar-refractivity contribution in [1.29, 1.82) is 0 Å². The quantitative estimate of drug-likeness (QED) is 0.195. The lowest BCUT2D eigenvalue weighted by molar-refractivity contribution is -0.125. The molecular formula is C36H29Cl2FN2O5. The maximum Gasteiger partial charge on any atom is 0.258 e. The Labute approximate surface area is 274 Å². The van der Waals surface area contributed by atoms with Crippen LogP contribution >= 0.6 is 23.2 Å². The summed E-state index contributed by atoms with van der Waals surface area (Å²) >= 11 is 14.8. The molecule has 0 bridgehead atoms. The summed E-state index contributed by atoms with van der Waals surface area (Å²) in [5.41, 5.74) is 3.61. The summed E-state index contributed by atoms with van der Waals surface area (Å²) in [6.45, 7) is 7.19. The third kappa shape index (κ3) is 3.96. The van der Waals surface area contributed by atoms with Crippen LogP contribution in [0.3, 0.4) is 0 Å². The summed E-state index contributed by atoms with van der Waals surface area (Å²) in [6.07, 6.45) is 3.57. The number of hydrogen-bond donors (Lipinski definition) is 1. The van der Waals surface area contributed by atoms with Gasteiger partial charge < -0.3 is 5.11 Å². The van der Waals surface area contributed by atoms with E-state index in [-0.39, 0.29) is 30.2 Å². The van der Waals surface area contributed by atoms with E-state index in [1.165, 1.54) is 17.0 Å². The Hall–Kier alpha value is -4.27. The third-order valence-electron chi connectivity index (χ3n) is 10.1. The molecule has 6 atom stereocenters. The topological polar surface area (TPSA) is 95.0 Å². The van der Waals surface area contributed by atoms with Crippen LogP contribution in [-0.2, 0) is 19.2 Å². The molecule has 234 valence electrons. The van der Waals surface area contributed by atoms with Crippen LogP contribution in [0.4, 0.5) is 15.8 Å². The van der Waals surface area contributed by atoms with Gasteiger partial charge in [0.15, 0.2) is 9.75 Å². The van der Waals surface area contributed by atoms with Crippen LogP contribution in [0.25, 0.3) is 6.08 Å². The summed E-state index contributed by atoms with van der Waals surface area (Å²) in [4.78, 5) is 54.9. The predicted octanol–water partition coefficient (Wildman–Crippen LogP) is 6.56. The Morgan fingerprint density at radius 1 is 0.870 bits per heavy atom. The monoisotopic (exact) mass is 658 g/mol. The van der Waals surface area contributed by atoms with Crippen LogP contribution in [0, 0.1) is 37.4 Å². The summed E-state index contributed by atoms with van der Waals surface area (Å²) in [5, 5.41) is 10.6. The van der Waals surface area contributed by atoms with Crippen molar-refractivity contribution in [1.82, 2.24) is 0 Å². The normalized spacial score (nSPS) is 30.2. The summed E-state index contributed by atoms with van der Waals surface area (Å²) in [5.74, 6) is -6.05. The van der Waals surface area contributed by atoms with Gasteiger partial charge in [-0.2, -0.15) is 0 Å². The number of amides is 4. The lowest BCUT2D eigenvalue weighted by Crippen LogP contribution is -2.60. The smallest absolute Gasteiger partial charge is 0.258 e. The highest BCUT2D eigenvalue weighted by molar-refractivity contribution is 6.58. The first-order valence-electron chi connectivity index (χ1n) is 15.0. The van der Waals surface area contributed by atoms with Crippen molar-refractivity contribution >= 4 is 64.3 Å². The number of aromatic hydroxyl groups is 1. The van der Waals surface area contributed by atoms with Crippen molar-refractivity contribution in [3.8, 4) is 5.75 Å². The zero-order chi connectivity index (χ0) is 32.9. The van der Waals surface area contributed by atoms with E-state index in [1.54, 1.807) is 56.3 Å². The molecule has 2 aliphatic heterocycles. The number of benzene rings is 3. The summed E-state index contributed by atoms with van der Waals surface area (Å²) in [6, 6.07) is 15.2. The fraction of sp³-hybridized carbons (Fsp3) is 0.278. The Morgan fingerprint density at radius 3 is 2.07 bits per heavy atom. The van der Waals surface area contributed by atoms with Crippen LogP contribution in [0.2, 0.25) is 0 Å². The summed E-state index contributed by atoms with van der Waals surface area (Å²) in [7, 11) is 0. The fourth-order valence-electron chi connectivity index (χ4n) is 7.94. The number of phenols is 1. The Kier molecular flexibility index (Phi) is 6.85. The number of fused-ring (bicyclic) bond motifs is 4. The molecule has 4 aliphatic rings. The van der Waals surface area contributed by atoms with Gasteiger partial charge in [-0.1, -0.05) is 48.6 Å². The molecule has 7 rings (SSSR count). The number of alkyl halides is 2. The van der Waals surface area contributed by atoms with Gasteiger partial charge in [-0.15, -0.1) is 23.2 Å². The zero-order valence-electron chi connectivity index (χ0n) is 25.0. The van der Waals surface area contributed by atoms with Crippen LogP contribution in [0.1, 0.15) is 41.0 Å². The van der Waals surface area contributed by atoms with E-state index in [0.717, 1.165) is 22.6 Å². The lowest BCUT2D eigenvalue weighted by atomic mass is 9.56. The van der Waals surface area contributed by atoms with Gasteiger partial charge in [-0.25, -0.2) is 9.29 Å². The van der Waals surface area contributed by atoms with Gasteiger partial charge in [0.1, 0.15) is 11.6 Å². The second kappa shape index (κ2) is 10.4. The number of hydrogen-bond acceptors (Lipinski definition) is 5. The molecule has 1 N–H and O–H groups in total. The number of allylic oxidation sites excluding steroid dienone is 2. The molecule has 3 fully saturated rings. The van der Waals surface area contributed by atoms with E-state index in [0.29, 0.717) is 28.0 Å². The van der Waals surface area contributed by atoms with Crippen molar-refractivity contribution < 1.29 is 28.7 Å². The number of phenolic OH excluding ortho intramolecular Hbond substituents is 1. The molecule has 0 radical (unpaired) electrons. The number of rotatable bonds is 4. The maximum absolute atomic E-state index is 14.5. The standard InChI is InChI=1S/C36H29Cl2FN2O5/c1-4-20-5-9-23(10-6-20)40-31(43)26-14-13-25-27(28(26)32(40)44)17-35(37)33(45)41(24-11-7-22(39)8-12-24)34(46)36(35,38)29(25)21-15-18(2)30(42)19(3)16-21/h4-13,15-16,26-29,42H,1,14,17H2,2-3H3. The second-order valence-corrected chi connectivity index (χ2v) is 13.8. The number of anilines is 2. The van der Waals surface area contributed by atoms with Crippen LogP contribution in [0.5, 0.6) is 5.75 Å². The number of nitrogens with zero attached hydrogens (tertiary/aromatic N) is 2. The number of aryl methyl sites for hydroxylation is 2. The number of halogens is 3. The van der Waals surface area contributed by atoms with Crippen molar-refractivity contribution in [2.75, 3.05) is 9.80 Å². The molecule has 2 saturated heterocycles. The maximum atomic E-state index is 14.5. The van der Waals surface area contributed by atoms with Gasteiger partial charge in [-0.3, -0.25) is 24.1 Å². The third-order valence-corrected chi connectivity index (χ3v) is 11.5. The van der Waals surface area contributed by atoms with Crippen molar-refractivity contribution in [3.05, 3.63) is 107 Å². The Bertz CT molecular complexity index is 1880. The number of carbonyl (C=O) groups excluding carboxylic acids is 4. The molecule has 3 aromatic carbocycles. The summed E-state index contributed by atoms with van der Waals surface area (Å²) < 4.78 is 13.9. The number of imide groups is 2. The van der Waals surface area contributed by atoms with Crippen molar-refractivity contribution in [2.24, 2.45) is 17.8 Å². The highest BCUT2D eigenvalue weighted by atomic mass is 35.5. The van der Waals surface area contributed by atoms with Gasteiger partial charge in [0.05, 0.1) is 23.2 Å². The van der Waals surface area contributed by atoms with Gasteiger partial charge in [-0.05, 0) is 91.3 Å². The Morgan fingerprint density at radius 2 is 1.46 bits per heavy atom. The molecule has 2 heterocycles. The minimum atomic E-state index is -2.04. The highest BCUT2D eigenvalue weighted by Gasteiger charge is 2.76. The first-order chi connectivity index (χ1) is 21.8. The molecule has 0 spiro atoms. The number of carbonyl (C=O) groups is 4. The first kappa shape index (κ1) is 30.4. The molecule has 6 unspecified atom stereocenters. The Balaban J connectivity index is 1.40. The first-order valence-corrected chi connectivity index (χ1v) is 15.7. The van der Waals surface area contributed by atoms with Gasteiger partial charge >= 0.3 is 0 Å².